The van der Waals surface area contributed by atoms with E-state index in [-0.39, 0.29) is 22.9 Å². The van der Waals surface area contributed by atoms with Gasteiger partial charge in [0.15, 0.2) is 5.78 Å². The van der Waals surface area contributed by atoms with Crippen molar-refractivity contribution in [3.63, 3.8) is 0 Å². The molecule has 0 amide bonds. The third-order valence-electron chi connectivity index (χ3n) is 8.57. The van der Waals surface area contributed by atoms with E-state index in [4.69, 9.17) is 0 Å². The minimum Gasteiger partial charge on any atom is -0.393 e. The number of aliphatic hydroxyl groups excluding tert-OH is 1. The van der Waals surface area contributed by atoms with Gasteiger partial charge in [-0.2, -0.15) is 0 Å². The Hall–Kier alpha value is -0.630. The van der Waals surface area contributed by atoms with Crippen LogP contribution in [0.15, 0.2) is 11.6 Å². The fourth-order valence-electron chi connectivity index (χ4n) is 7.22. The van der Waals surface area contributed by atoms with Crippen LogP contribution in [-0.2, 0) is 4.79 Å². The lowest BCUT2D eigenvalue weighted by Crippen LogP contribution is -2.54. The molecule has 4 rings (SSSR count). The predicted octanol–water partition coefficient (Wildman–Crippen LogP) is 4.37. The molecule has 128 valence electrons. The molecular formula is C21H32O2. The number of carbonyl (C=O) groups is 1. The summed E-state index contributed by atoms with van der Waals surface area (Å²) in [6.07, 6.45) is 8.63. The van der Waals surface area contributed by atoms with Gasteiger partial charge in [-0.25, -0.2) is 0 Å². The molecule has 0 unspecified atom stereocenters. The number of allylic oxidation sites excluding steroid dienone is 1. The van der Waals surface area contributed by atoms with E-state index in [1.54, 1.807) is 0 Å². The van der Waals surface area contributed by atoms with Crippen LogP contribution in [0.5, 0.6) is 0 Å². The molecule has 2 heteroatoms. The number of carbonyl (C=O) groups excluding carboxylic acids is 1. The van der Waals surface area contributed by atoms with Crippen LogP contribution in [0.3, 0.4) is 0 Å². The first kappa shape index (κ1) is 15.9. The van der Waals surface area contributed by atoms with Gasteiger partial charge in [-0.1, -0.05) is 33.3 Å². The topological polar surface area (TPSA) is 37.3 Å². The van der Waals surface area contributed by atoms with Crippen LogP contribution in [0.4, 0.5) is 0 Å². The van der Waals surface area contributed by atoms with Crippen molar-refractivity contribution in [3.05, 3.63) is 11.6 Å². The molecule has 4 aliphatic rings. The van der Waals surface area contributed by atoms with Gasteiger partial charge in [0.25, 0.3) is 0 Å². The van der Waals surface area contributed by atoms with Crippen molar-refractivity contribution in [3.8, 4) is 0 Å². The van der Waals surface area contributed by atoms with Crippen LogP contribution in [0.25, 0.3) is 0 Å². The molecular weight excluding hydrogens is 284 g/mol. The number of aliphatic hydroxyl groups is 1. The maximum Gasteiger partial charge on any atom is 0.158 e. The number of fused-ring (bicyclic) bond motifs is 5. The predicted molar refractivity (Wildman–Crippen MR) is 91.8 cm³/mol. The fraction of sp³-hybridized carbons (Fsp3) is 0.857. The second-order valence-corrected chi connectivity index (χ2v) is 9.70. The molecule has 3 saturated carbocycles. The quantitative estimate of drug-likeness (QED) is 0.720. The highest BCUT2D eigenvalue weighted by molar-refractivity contribution is 5.93. The van der Waals surface area contributed by atoms with Crippen LogP contribution in [0.2, 0.25) is 0 Å². The van der Waals surface area contributed by atoms with Crippen molar-refractivity contribution in [2.45, 2.75) is 72.3 Å². The molecule has 23 heavy (non-hydrogen) atoms. The molecule has 0 aromatic carbocycles. The fourth-order valence-corrected chi connectivity index (χ4v) is 7.22. The minimum atomic E-state index is -0.0998. The molecule has 0 radical (unpaired) electrons. The summed E-state index contributed by atoms with van der Waals surface area (Å²) in [6.45, 7) is 9.30. The second kappa shape index (κ2) is 4.94. The zero-order valence-electron chi connectivity index (χ0n) is 15.1. The number of rotatable bonds is 0. The zero-order chi connectivity index (χ0) is 16.6. The normalized spacial score (nSPS) is 55.7. The summed E-state index contributed by atoms with van der Waals surface area (Å²) in [5.74, 6) is 3.29. The first-order valence-electron chi connectivity index (χ1n) is 9.70. The van der Waals surface area contributed by atoms with E-state index in [2.05, 4.69) is 27.7 Å². The van der Waals surface area contributed by atoms with E-state index < -0.39 is 0 Å². The Balaban J connectivity index is 1.74. The molecule has 0 aromatic heterocycles. The number of hydrogen-bond acceptors (Lipinski definition) is 2. The molecule has 3 fully saturated rings. The third-order valence-corrected chi connectivity index (χ3v) is 8.57. The highest BCUT2D eigenvalue weighted by atomic mass is 16.3. The Morgan fingerprint density at radius 1 is 1.13 bits per heavy atom. The second-order valence-electron chi connectivity index (χ2n) is 9.70. The van der Waals surface area contributed by atoms with Crippen molar-refractivity contribution in [1.29, 1.82) is 0 Å². The van der Waals surface area contributed by atoms with E-state index in [1.807, 2.05) is 6.08 Å². The maximum absolute atomic E-state index is 12.2. The molecule has 0 aromatic rings. The summed E-state index contributed by atoms with van der Waals surface area (Å²) < 4.78 is 0. The molecule has 0 bridgehead atoms. The maximum atomic E-state index is 12.2. The van der Waals surface area contributed by atoms with E-state index >= 15 is 0 Å². The third kappa shape index (κ3) is 2.00. The van der Waals surface area contributed by atoms with Gasteiger partial charge in [-0.05, 0) is 79.1 Å². The number of ketones is 1. The lowest BCUT2D eigenvalue weighted by molar-refractivity contribution is -0.124. The van der Waals surface area contributed by atoms with E-state index in [1.165, 1.54) is 18.4 Å². The molecule has 8 atom stereocenters. The molecule has 2 nitrogen and oxygen atoms in total. The standard InChI is InChI=1S/C21H32O2/c1-12-9-14-10-17(22)13(2)11-21(14,4)16-7-8-20(3)15(19(12)16)5-6-18(20)23/h10,12-13,15-16,18-19,23H,5-9,11H2,1-4H3/t12-,13-,15+,16+,18+,19+,20+,21+/m1/s1. The van der Waals surface area contributed by atoms with Gasteiger partial charge in [0, 0.05) is 5.92 Å². The first-order valence-corrected chi connectivity index (χ1v) is 9.70. The van der Waals surface area contributed by atoms with Crippen LogP contribution in [0, 0.1) is 40.4 Å². The lowest BCUT2D eigenvalue weighted by atomic mass is 9.44. The summed E-state index contributed by atoms with van der Waals surface area (Å²) in [5, 5.41) is 10.6. The van der Waals surface area contributed by atoms with Gasteiger partial charge in [-0.15, -0.1) is 0 Å². The minimum absolute atomic E-state index is 0.0998. The summed E-state index contributed by atoms with van der Waals surface area (Å²) in [4.78, 5) is 12.2. The monoisotopic (exact) mass is 316 g/mol. The average Bonchev–Trinajstić information content (AvgIpc) is 2.78. The lowest BCUT2D eigenvalue weighted by Gasteiger charge is -2.60. The number of hydrogen-bond donors (Lipinski definition) is 1. The van der Waals surface area contributed by atoms with Gasteiger partial charge in [0.05, 0.1) is 6.10 Å². The first-order chi connectivity index (χ1) is 10.8. The summed E-state index contributed by atoms with van der Waals surface area (Å²) in [7, 11) is 0. The van der Waals surface area contributed by atoms with Gasteiger partial charge in [0.2, 0.25) is 0 Å². The van der Waals surface area contributed by atoms with E-state index in [0.717, 1.165) is 31.6 Å². The molecule has 0 heterocycles. The summed E-state index contributed by atoms with van der Waals surface area (Å²) in [6, 6.07) is 0. The Morgan fingerprint density at radius 3 is 2.61 bits per heavy atom. The SMILES string of the molecule is C[C@@H]1C[C@@]2(C)C(=CC1=O)C[C@@H](C)[C@H]1[C@@H]3CC[C@H](O)[C@@]3(C)CC[C@@H]12. The Morgan fingerprint density at radius 2 is 1.87 bits per heavy atom. The average molecular weight is 316 g/mol. The van der Waals surface area contributed by atoms with Gasteiger partial charge >= 0.3 is 0 Å². The van der Waals surface area contributed by atoms with Crippen molar-refractivity contribution in [2.24, 2.45) is 40.4 Å². The van der Waals surface area contributed by atoms with Crippen molar-refractivity contribution >= 4 is 5.78 Å². The van der Waals surface area contributed by atoms with Gasteiger partial charge < -0.3 is 5.11 Å². The van der Waals surface area contributed by atoms with Crippen molar-refractivity contribution < 1.29 is 9.90 Å². The molecule has 0 saturated heterocycles. The van der Waals surface area contributed by atoms with Crippen LogP contribution < -0.4 is 0 Å². The van der Waals surface area contributed by atoms with Crippen LogP contribution >= 0.6 is 0 Å². The zero-order valence-corrected chi connectivity index (χ0v) is 15.1. The Bertz CT molecular complexity index is 564. The smallest absolute Gasteiger partial charge is 0.158 e. The van der Waals surface area contributed by atoms with Crippen LogP contribution in [-0.4, -0.2) is 17.0 Å². The highest BCUT2D eigenvalue weighted by Gasteiger charge is 2.60. The van der Waals surface area contributed by atoms with Gasteiger partial charge in [0.1, 0.15) is 0 Å². The van der Waals surface area contributed by atoms with Crippen LogP contribution in [0.1, 0.15) is 66.2 Å². The van der Waals surface area contributed by atoms with E-state index in [9.17, 15) is 9.90 Å². The molecule has 1 N–H and O–H groups in total. The Labute approximate surface area is 140 Å². The largest absolute Gasteiger partial charge is 0.393 e. The molecule has 0 aliphatic heterocycles. The van der Waals surface area contributed by atoms with E-state index in [0.29, 0.717) is 23.5 Å². The Kier molecular flexibility index (Phi) is 3.41. The van der Waals surface area contributed by atoms with Crippen molar-refractivity contribution in [2.75, 3.05) is 0 Å². The summed E-state index contributed by atoms with van der Waals surface area (Å²) in [5.41, 5.74) is 1.80. The molecule has 4 aliphatic carbocycles. The van der Waals surface area contributed by atoms with Gasteiger partial charge in [-0.3, -0.25) is 4.79 Å². The van der Waals surface area contributed by atoms with Crippen molar-refractivity contribution in [1.82, 2.24) is 0 Å². The summed E-state index contributed by atoms with van der Waals surface area (Å²) >= 11 is 0. The molecule has 0 spiro atoms. The highest BCUT2D eigenvalue weighted by Crippen LogP contribution is 2.66.